The Bertz CT molecular complexity index is 1100. The number of hydrogen-bond acceptors (Lipinski definition) is 1. The van der Waals surface area contributed by atoms with Gasteiger partial charge < -0.3 is 4.65 Å². The molecule has 0 saturated carbocycles. The van der Waals surface area contributed by atoms with Gasteiger partial charge in [0.15, 0.2) is 0 Å². The van der Waals surface area contributed by atoms with Gasteiger partial charge in [-0.2, -0.15) is 0 Å². The SMILES string of the molecule is C#Cc1c(CCCC)c2ccc(B3CC(C)(C)C(C)(C)O3)cc2c2ccccc12. The highest BCUT2D eigenvalue weighted by Gasteiger charge is 2.49. The van der Waals surface area contributed by atoms with Gasteiger partial charge in [-0.05, 0) is 71.0 Å². The van der Waals surface area contributed by atoms with Gasteiger partial charge >= 0.3 is 6.92 Å². The first-order valence-electron chi connectivity index (χ1n) is 10.9. The molecule has 0 radical (unpaired) electrons. The van der Waals surface area contributed by atoms with E-state index in [0.29, 0.717) is 0 Å². The van der Waals surface area contributed by atoms with E-state index in [1.54, 1.807) is 0 Å². The molecule has 29 heavy (non-hydrogen) atoms. The topological polar surface area (TPSA) is 9.23 Å². The van der Waals surface area contributed by atoms with Crippen molar-refractivity contribution in [2.24, 2.45) is 5.41 Å². The van der Waals surface area contributed by atoms with Gasteiger partial charge in [-0.15, -0.1) is 6.42 Å². The molecule has 0 N–H and O–H groups in total. The van der Waals surface area contributed by atoms with E-state index in [-0.39, 0.29) is 17.9 Å². The van der Waals surface area contributed by atoms with Crippen LogP contribution in [-0.4, -0.2) is 12.5 Å². The predicted molar refractivity (Wildman–Crippen MR) is 127 cm³/mol. The number of hydrogen-bond donors (Lipinski definition) is 0. The van der Waals surface area contributed by atoms with Crippen LogP contribution in [0.4, 0.5) is 0 Å². The summed E-state index contributed by atoms with van der Waals surface area (Å²) in [6.45, 7) is 11.4. The molecule has 1 nitrogen and oxygen atoms in total. The summed E-state index contributed by atoms with van der Waals surface area (Å²) in [4.78, 5) is 0. The molecule has 0 unspecified atom stereocenters. The van der Waals surface area contributed by atoms with Gasteiger partial charge in [0.05, 0.1) is 5.60 Å². The molecule has 0 bridgehead atoms. The average Bonchev–Trinajstić information content (AvgIpc) is 2.92. The summed E-state index contributed by atoms with van der Waals surface area (Å²) in [6, 6.07) is 15.5. The second-order valence-electron chi connectivity index (χ2n) is 9.66. The van der Waals surface area contributed by atoms with Crippen LogP contribution in [0.2, 0.25) is 6.32 Å². The zero-order valence-corrected chi connectivity index (χ0v) is 18.4. The highest BCUT2D eigenvalue weighted by molar-refractivity contribution is 6.68. The Kier molecular flexibility index (Phi) is 5.00. The molecule has 0 atom stereocenters. The average molecular weight is 382 g/mol. The van der Waals surface area contributed by atoms with Crippen molar-refractivity contribution in [3.63, 3.8) is 0 Å². The summed E-state index contributed by atoms with van der Waals surface area (Å²) in [5.41, 5.74) is 3.68. The van der Waals surface area contributed by atoms with E-state index in [4.69, 9.17) is 11.1 Å². The minimum Gasteiger partial charge on any atom is -0.426 e. The molecule has 3 aromatic rings. The molecule has 1 aliphatic heterocycles. The zero-order valence-electron chi connectivity index (χ0n) is 18.4. The maximum atomic E-state index is 6.52. The molecule has 1 fully saturated rings. The van der Waals surface area contributed by atoms with Gasteiger partial charge in [0, 0.05) is 5.56 Å². The van der Waals surface area contributed by atoms with E-state index in [1.165, 1.54) is 32.6 Å². The van der Waals surface area contributed by atoms with Crippen molar-refractivity contribution >= 4 is 33.9 Å². The van der Waals surface area contributed by atoms with Crippen LogP contribution in [0.3, 0.4) is 0 Å². The van der Waals surface area contributed by atoms with E-state index < -0.39 is 0 Å². The van der Waals surface area contributed by atoms with Crippen LogP contribution in [0.1, 0.15) is 58.6 Å². The summed E-state index contributed by atoms with van der Waals surface area (Å²) >= 11 is 0. The highest BCUT2D eigenvalue weighted by atomic mass is 16.5. The van der Waals surface area contributed by atoms with Crippen LogP contribution in [-0.2, 0) is 11.1 Å². The van der Waals surface area contributed by atoms with Gasteiger partial charge in [0.25, 0.3) is 0 Å². The van der Waals surface area contributed by atoms with Gasteiger partial charge in [0.2, 0.25) is 0 Å². The van der Waals surface area contributed by atoms with Crippen molar-refractivity contribution < 1.29 is 4.65 Å². The highest BCUT2D eigenvalue weighted by Crippen LogP contribution is 2.45. The van der Waals surface area contributed by atoms with Gasteiger partial charge in [-0.3, -0.25) is 0 Å². The molecule has 0 aliphatic carbocycles. The van der Waals surface area contributed by atoms with Crippen molar-refractivity contribution in [3.8, 4) is 12.3 Å². The second kappa shape index (κ2) is 7.23. The Balaban J connectivity index is 1.93. The molecule has 4 rings (SSSR count). The van der Waals surface area contributed by atoms with Crippen LogP contribution in [0.5, 0.6) is 0 Å². The fourth-order valence-corrected chi connectivity index (χ4v) is 4.71. The molecular weight excluding hydrogens is 351 g/mol. The summed E-state index contributed by atoms with van der Waals surface area (Å²) in [7, 11) is 0. The van der Waals surface area contributed by atoms with Crippen molar-refractivity contribution in [1.82, 2.24) is 0 Å². The third-order valence-corrected chi connectivity index (χ3v) is 7.22. The standard InChI is InChI=1S/C27H31BO/c1-7-9-12-21-20(8-2)22-13-10-11-14-23(22)25-17-19(15-16-24(21)25)28-18-26(3,4)27(5,6)29-28/h2,10-11,13-17H,7,9,12,18H2,1,3-6H3. The molecule has 0 spiro atoms. The number of unbranched alkanes of at least 4 members (excludes halogenated alkanes) is 1. The normalized spacial score (nSPS) is 17.7. The lowest BCUT2D eigenvalue weighted by Crippen LogP contribution is -2.36. The number of fused-ring (bicyclic) bond motifs is 3. The monoisotopic (exact) mass is 382 g/mol. The molecule has 1 aliphatic rings. The fourth-order valence-electron chi connectivity index (χ4n) is 4.71. The molecule has 0 aromatic heterocycles. The quantitative estimate of drug-likeness (QED) is 0.290. The molecular formula is C27H31BO. The van der Waals surface area contributed by atoms with Crippen LogP contribution in [0, 0.1) is 17.8 Å². The van der Waals surface area contributed by atoms with E-state index >= 15 is 0 Å². The van der Waals surface area contributed by atoms with Crippen LogP contribution in [0.15, 0.2) is 42.5 Å². The Morgan fingerprint density at radius 3 is 2.34 bits per heavy atom. The maximum absolute atomic E-state index is 6.52. The van der Waals surface area contributed by atoms with Crippen molar-refractivity contribution in [2.75, 3.05) is 0 Å². The first-order valence-corrected chi connectivity index (χ1v) is 10.9. The summed E-state index contributed by atoms with van der Waals surface area (Å²) in [6.07, 6.45) is 10.4. The molecule has 0 amide bonds. The number of rotatable bonds is 4. The predicted octanol–water partition coefficient (Wildman–Crippen LogP) is 6.35. The Morgan fingerprint density at radius 2 is 1.72 bits per heavy atom. The first-order chi connectivity index (χ1) is 13.8. The summed E-state index contributed by atoms with van der Waals surface area (Å²) in [5.74, 6) is 3.01. The third-order valence-electron chi connectivity index (χ3n) is 7.22. The number of aryl methyl sites for hydroxylation is 1. The zero-order chi connectivity index (χ0) is 20.8. The van der Waals surface area contributed by atoms with E-state index in [9.17, 15) is 0 Å². The van der Waals surface area contributed by atoms with Crippen molar-refractivity contribution in [3.05, 3.63) is 53.6 Å². The van der Waals surface area contributed by atoms with Crippen molar-refractivity contribution in [2.45, 2.75) is 65.8 Å². The van der Waals surface area contributed by atoms with Gasteiger partial charge in [0.1, 0.15) is 0 Å². The Labute approximate surface area is 176 Å². The van der Waals surface area contributed by atoms with Crippen molar-refractivity contribution in [1.29, 1.82) is 0 Å². The Hall–Kier alpha value is -2.24. The molecule has 3 aromatic carbocycles. The Morgan fingerprint density at radius 1 is 1.00 bits per heavy atom. The number of terminal acetylenes is 1. The molecule has 1 saturated heterocycles. The summed E-state index contributed by atoms with van der Waals surface area (Å²) in [5, 5.41) is 5.03. The summed E-state index contributed by atoms with van der Waals surface area (Å²) < 4.78 is 6.52. The van der Waals surface area contributed by atoms with Gasteiger partial charge in [-0.25, -0.2) is 0 Å². The molecule has 148 valence electrons. The molecule has 2 heteroatoms. The fraction of sp³-hybridized carbons (Fsp3) is 0.407. The minimum absolute atomic E-state index is 0.131. The van der Waals surface area contributed by atoms with E-state index in [1.807, 2.05) is 0 Å². The lowest BCUT2D eigenvalue weighted by Gasteiger charge is -2.34. The molecule has 1 heterocycles. The smallest absolute Gasteiger partial charge is 0.327 e. The van der Waals surface area contributed by atoms with E-state index in [0.717, 1.165) is 31.1 Å². The van der Waals surface area contributed by atoms with Crippen LogP contribution < -0.4 is 5.46 Å². The van der Waals surface area contributed by atoms with Crippen LogP contribution in [0.25, 0.3) is 21.5 Å². The maximum Gasteiger partial charge on any atom is 0.327 e. The van der Waals surface area contributed by atoms with Gasteiger partial charge in [-0.1, -0.05) is 75.6 Å². The minimum atomic E-state index is -0.131. The largest absolute Gasteiger partial charge is 0.426 e. The second-order valence-corrected chi connectivity index (χ2v) is 9.66. The van der Waals surface area contributed by atoms with E-state index in [2.05, 4.69) is 83.0 Å². The third kappa shape index (κ3) is 3.26. The first kappa shape index (κ1) is 20.1. The lowest BCUT2D eigenvalue weighted by atomic mass is 9.54. The lowest BCUT2D eigenvalue weighted by molar-refractivity contribution is 0.0375. The van der Waals surface area contributed by atoms with Crippen LogP contribution >= 0.6 is 0 Å². The number of benzene rings is 3.